The normalized spacial score (nSPS) is 14.8. The maximum absolute atomic E-state index is 9.93. The quantitative estimate of drug-likeness (QED) is 0.821. The molecule has 1 rings (SSSR count). The lowest BCUT2D eigenvalue weighted by atomic mass is 10.1. The van der Waals surface area contributed by atoms with Gasteiger partial charge in [0.2, 0.25) is 0 Å². The van der Waals surface area contributed by atoms with E-state index in [0.29, 0.717) is 23.9 Å². The molecule has 0 aliphatic heterocycles. The van der Waals surface area contributed by atoms with Gasteiger partial charge in [-0.15, -0.1) is 0 Å². The van der Waals surface area contributed by atoms with Crippen LogP contribution in [0.2, 0.25) is 5.02 Å². The Kier molecular flexibility index (Phi) is 5.55. The maximum Gasteiger partial charge on any atom is 0.0833 e. The van der Waals surface area contributed by atoms with Crippen molar-refractivity contribution in [3.63, 3.8) is 0 Å². The van der Waals surface area contributed by atoms with E-state index in [1.54, 1.807) is 24.2 Å². The van der Waals surface area contributed by atoms with Crippen LogP contribution in [-0.4, -0.2) is 34.2 Å². The third-order valence-electron chi connectivity index (χ3n) is 2.13. The smallest absolute Gasteiger partial charge is 0.0833 e. The Hall–Kier alpha value is -0.290. The second kappa shape index (κ2) is 6.45. The molecule has 0 aliphatic carbocycles. The summed E-state index contributed by atoms with van der Waals surface area (Å²) in [6, 6.07) is 1.87. The van der Waals surface area contributed by atoms with Crippen LogP contribution in [0.4, 0.5) is 0 Å². The molecular formula is C11H17ClN2OS. The molecule has 0 saturated carbocycles. The van der Waals surface area contributed by atoms with Crippen molar-refractivity contribution in [1.29, 1.82) is 0 Å². The number of hydrogen-bond acceptors (Lipinski definition) is 4. The van der Waals surface area contributed by atoms with Crippen LogP contribution < -0.4 is 5.32 Å². The predicted octanol–water partition coefficient (Wildman–Crippen LogP) is 1.94. The second-order valence-electron chi connectivity index (χ2n) is 4.00. The topological polar surface area (TPSA) is 45.1 Å². The van der Waals surface area contributed by atoms with Crippen molar-refractivity contribution in [1.82, 2.24) is 10.3 Å². The first-order chi connectivity index (χ1) is 7.55. The molecular weight excluding hydrogens is 244 g/mol. The van der Waals surface area contributed by atoms with E-state index in [4.69, 9.17) is 11.6 Å². The summed E-state index contributed by atoms with van der Waals surface area (Å²) in [6.45, 7) is 3.02. The summed E-state index contributed by atoms with van der Waals surface area (Å²) < 4.78 is 0. The Morgan fingerprint density at radius 3 is 3.00 bits per heavy atom. The zero-order valence-corrected chi connectivity index (χ0v) is 11.1. The number of aromatic nitrogens is 1. The van der Waals surface area contributed by atoms with E-state index in [1.165, 1.54) is 0 Å². The standard InChI is InChI=1S/C11H17ClN2OS/c1-11(15,8-16-2)7-14-5-9-3-4-13-6-10(9)12/h3-4,6,14-15H,5,7-8H2,1-2H3. The summed E-state index contributed by atoms with van der Waals surface area (Å²) in [4.78, 5) is 3.92. The Balaban J connectivity index is 2.39. The molecule has 2 N–H and O–H groups in total. The number of pyridine rings is 1. The minimum atomic E-state index is -0.682. The molecule has 0 fully saturated rings. The van der Waals surface area contributed by atoms with E-state index < -0.39 is 5.60 Å². The first-order valence-electron chi connectivity index (χ1n) is 5.05. The first kappa shape index (κ1) is 13.8. The van der Waals surface area contributed by atoms with Gasteiger partial charge in [0, 0.05) is 31.2 Å². The minimum Gasteiger partial charge on any atom is -0.388 e. The lowest BCUT2D eigenvalue weighted by Gasteiger charge is -2.22. The van der Waals surface area contributed by atoms with Crippen molar-refractivity contribution in [3.05, 3.63) is 29.0 Å². The van der Waals surface area contributed by atoms with E-state index >= 15 is 0 Å². The summed E-state index contributed by atoms with van der Waals surface area (Å²) in [5.74, 6) is 0.712. The van der Waals surface area contributed by atoms with Gasteiger partial charge in [-0.25, -0.2) is 0 Å². The van der Waals surface area contributed by atoms with Gasteiger partial charge < -0.3 is 10.4 Å². The van der Waals surface area contributed by atoms with Crippen LogP contribution in [0.1, 0.15) is 12.5 Å². The number of aliphatic hydroxyl groups is 1. The number of hydrogen-bond donors (Lipinski definition) is 2. The Morgan fingerprint density at radius 2 is 2.38 bits per heavy atom. The number of rotatable bonds is 6. The van der Waals surface area contributed by atoms with Crippen LogP contribution >= 0.6 is 23.4 Å². The molecule has 90 valence electrons. The third kappa shape index (κ3) is 4.70. The van der Waals surface area contributed by atoms with E-state index in [-0.39, 0.29) is 0 Å². The van der Waals surface area contributed by atoms with E-state index in [0.717, 1.165) is 5.56 Å². The van der Waals surface area contributed by atoms with Crippen molar-refractivity contribution in [2.45, 2.75) is 19.1 Å². The molecule has 3 nitrogen and oxygen atoms in total. The molecule has 1 unspecified atom stereocenters. The summed E-state index contributed by atoms with van der Waals surface area (Å²) in [7, 11) is 0. The highest BCUT2D eigenvalue weighted by molar-refractivity contribution is 7.98. The minimum absolute atomic E-state index is 0.548. The molecule has 5 heteroatoms. The Labute approximate surface area is 106 Å². The third-order valence-corrected chi connectivity index (χ3v) is 3.38. The van der Waals surface area contributed by atoms with Gasteiger partial charge in [-0.2, -0.15) is 11.8 Å². The number of halogens is 1. The molecule has 1 atom stereocenters. The molecule has 0 radical (unpaired) electrons. The lowest BCUT2D eigenvalue weighted by molar-refractivity contribution is 0.0846. The predicted molar refractivity (Wildman–Crippen MR) is 70.0 cm³/mol. The Bertz CT molecular complexity index is 334. The molecule has 0 bridgehead atoms. The largest absolute Gasteiger partial charge is 0.388 e. The van der Waals surface area contributed by atoms with Crippen LogP contribution in [0, 0.1) is 0 Å². The summed E-state index contributed by atoms with van der Waals surface area (Å²) in [5.41, 5.74) is 0.315. The van der Waals surface area contributed by atoms with Crippen LogP contribution in [0.15, 0.2) is 18.5 Å². The summed E-state index contributed by atoms with van der Waals surface area (Å²) >= 11 is 7.60. The average Bonchev–Trinajstić information content (AvgIpc) is 2.20. The zero-order chi connectivity index (χ0) is 12.0. The van der Waals surface area contributed by atoms with E-state index in [9.17, 15) is 5.11 Å². The van der Waals surface area contributed by atoms with Gasteiger partial charge in [-0.3, -0.25) is 4.98 Å². The highest BCUT2D eigenvalue weighted by Crippen LogP contribution is 2.14. The van der Waals surface area contributed by atoms with E-state index in [2.05, 4.69) is 10.3 Å². The van der Waals surface area contributed by atoms with Gasteiger partial charge in [-0.1, -0.05) is 11.6 Å². The molecule has 1 heterocycles. The van der Waals surface area contributed by atoms with Crippen molar-refractivity contribution in [2.75, 3.05) is 18.6 Å². The van der Waals surface area contributed by atoms with Crippen molar-refractivity contribution in [3.8, 4) is 0 Å². The molecule has 16 heavy (non-hydrogen) atoms. The van der Waals surface area contributed by atoms with Crippen LogP contribution in [-0.2, 0) is 6.54 Å². The maximum atomic E-state index is 9.93. The van der Waals surface area contributed by atoms with Gasteiger partial charge in [0.05, 0.1) is 10.6 Å². The van der Waals surface area contributed by atoms with E-state index in [1.807, 2.05) is 19.2 Å². The first-order valence-corrected chi connectivity index (χ1v) is 6.83. The van der Waals surface area contributed by atoms with Gasteiger partial charge >= 0.3 is 0 Å². The van der Waals surface area contributed by atoms with Gasteiger partial charge in [-0.05, 0) is 24.8 Å². The van der Waals surface area contributed by atoms with Gasteiger partial charge in [0.15, 0.2) is 0 Å². The summed E-state index contributed by atoms with van der Waals surface area (Å²) in [5, 5.41) is 13.8. The van der Waals surface area contributed by atoms with Crippen LogP contribution in [0.25, 0.3) is 0 Å². The van der Waals surface area contributed by atoms with Crippen molar-refractivity contribution >= 4 is 23.4 Å². The lowest BCUT2D eigenvalue weighted by Crippen LogP contribution is -2.39. The highest BCUT2D eigenvalue weighted by Gasteiger charge is 2.18. The highest BCUT2D eigenvalue weighted by atomic mass is 35.5. The Morgan fingerprint density at radius 1 is 1.62 bits per heavy atom. The van der Waals surface area contributed by atoms with Gasteiger partial charge in [0.1, 0.15) is 0 Å². The molecule has 1 aromatic heterocycles. The molecule has 0 amide bonds. The monoisotopic (exact) mass is 260 g/mol. The van der Waals surface area contributed by atoms with Crippen molar-refractivity contribution < 1.29 is 5.11 Å². The molecule has 0 aliphatic rings. The number of nitrogens with one attached hydrogen (secondary N) is 1. The molecule has 0 aromatic carbocycles. The van der Waals surface area contributed by atoms with Crippen LogP contribution in [0.3, 0.4) is 0 Å². The number of nitrogens with zero attached hydrogens (tertiary/aromatic N) is 1. The fourth-order valence-corrected chi connectivity index (χ4v) is 2.29. The fraction of sp³-hybridized carbons (Fsp3) is 0.545. The second-order valence-corrected chi connectivity index (χ2v) is 5.27. The number of thioether (sulfide) groups is 1. The van der Waals surface area contributed by atoms with Crippen LogP contribution in [0.5, 0.6) is 0 Å². The van der Waals surface area contributed by atoms with Crippen molar-refractivity contribution in [2.24, 2.45) is 0 Å². The SMILES string of the molecule is CSCC(C)(O)CNCc1ccncc1Cl. The summed E-state index contributed by atoms with van der Waals surface area (Å²) in [6.07, 6.45) is 5.32. The fourth-order valence-electron chi connectivity index (χ4n) is 1.38. The molecule has 1 aromatic rings. The average molecular weight is 261 g/mol. The van der Waals surface area contributed by atoms with Gasteiger partial charge in [0.25, 0.3) is 0 Å². The molecule has 0 saturated heterocycles. The molecule has 0 spiro atoms. The zero-order valence-electron chi connectivity index (χ0n) is 9.53.